The first kappa shape index (κ1) is 26.0. The Labute approximate surface area is 204 Å². The molecule has 0 aliphatic heterocycles. The SMILES string of the molecule is O=C(O)c1cccc(CS(=O)c2ccc(Cl)cc2NS(=O)(=O)c2ccc(Cl)c(C(F)(F)F)c2)c1. The highest BCUT2D eigenvalue weighted by Crippen LogP contribution is 2.36. The van der Waals surface area contributed by atoms with E-state index in [2.05, 4.69) is 4.72 Å². The van der Waals surface area contributed by atoms with Crippen LogP contribution >= 0.6 is 23.2 Å². The number of carboxylic acids is 1. The van der Waals surface area contributed by atoms with Crippen molar-refractivity contribution in [3.05, 3.63) is 87.4 Å². The van der Waals surface area contributed by atoms with Gasteiger partial charge in [0, 0.05) is 5.02 Å². The van der Waals surface area contributed by atoms with Crippen LogP contribution in [0.4, 0.5) is 18.9 Å². The van der Waals surface area contributed by atoms with Gasteiger partial charge in [-0.25, -0.2) is 13.2 Å². The zero-order chi connectivity index (χ0) is 25.3. The summed E-state index contributed by atoms with van der Waals surface area (Å²) in [7, 11) is -6.42. The number of halogens is 5. The Morgan fingerprint density at radius 3 is 2.38 bits per heavy atom. The zero-order valence-corrected chi connectivity index (χ0v) is 19.9. The van der Waals surface area contributed by atoms with Gasteiger partial charge in [0.05, 0.1) is 48.2 Å². The number of sulfonamides is 1. The van der Waals surface area contributed by atoms with Crippen molar-refractivity contribution in [3.63, 3.8) is 0 Å². The van der Waals surface area contributed by atoms with Crippen LogP contribution in [0.25, 0.3) is 0 Å². The fraction of sp³-hybridized carbons (Fsp3) is 0.0952. The highest BCUT2D eigenvalue weighted by atomic mass is 35.5. The highest BCUT2D eigenvalue weighted by Gasteiger charge is 2.34. The van der Waals surface area contributed by atoms with Crippen LogP contribution < -0.4 is 4.72 Å². The lowest BCUT2D eigenvalue weighted by Crippen LogP contribution is -2.16. The molecule has 3 rings (SSSR count). The molecule has 180 valence electrons. The third kappa shape index (κ3) is 6.09. The van der Waals surface area contributed by atoms with E-state index in [0.717, 1.165) is 12.1 Å². The predicted molar refractivity (Wildman–Crippen MR) is 122 cm³/mol. The monoisotopic (exact) mass is 551 g/mol. The molecular weight excluding hydrogens is 538 g/mol. The van der Waals surface area contributed by atoms with Crippen LogP contribution in [0.1, 0.15) is 21.5 Å². The number of hydrogen-bond donors (Lipinski definition) is 2. The molecule has 0 aliphatic rings. The van der Waals surface area contributed by atoms with Crippen molar-refractivity contribution in [2.75, 3.05) is 4.72 Å². The minimum atomic E-state index is -4.88. The first-order valence-corrected chi connectivity index (χ1v) is 12.7. The van der Waals surface area contributed by atoms with Gasteiger partial charge in [-0.05, 0) is 54.1 Å². The van der Waals surface area contributed by atoms with Crippen molar-refractivity contribution in [2.24, 2.45) is 0 Å². The third-order valence-electron chi connectivity index (χ3n) is 4.46. The quantitative estimate of drug-likeness (QED) is 0.385. The van der Waals surface area contributed by atoms with Crippen molar-refractivity contribution in [3.8, 4) is 0 Å². The Hall–Kier alpha value is -2.60. The van der Waals surface area contributed by atoms with Gasteiger partial charge in [-0.15, -0.1) is 0 Å². The molecule has 0 heterocycles. The van der Waals surface area contributed by atoms with E-state index >= 15 is 0 Å². The lowest BCUT2D eigenvalue weighted by molar-refractivity contribution is -0.137. The Kier molecular flexibility index (Phi) is 7.61. The van der Waals surface area contributed by atoms with Crippen molar-refractivity contribution >= 4 is 55.7 Å². The summed E-state index contributed by atoms with van der Waals surface area (Å²) in [6.45, 7) is 0. The number of aromatic carboxylic acids is 1. The van der Waals surface area contributed by atoms with E-state index in [0.29, 0.717) is 11.6 Å². The van der Waals surface area contributed by atoms with E-state index in [4.69, 9.17) is 28.3 Å². The average Bonchev–Trinajstić information content (AvgIpc) is 2.73. The lowest BCUT2D eigenvalue weighted by Gasteiger charge is -2.15. The van der Waals surface area contributed by atoms with Crippen molar-refractivity contribution in [1.82, 2.24) is 0 Å². The zero-order valence-electron chi connectivity index (χ0n) is 16.8. The molecule has 0 aromatic heterocycles. The van der Waals surface area contributed by atoms with Gasteiger partial charge in [-0.2, -0.15) is 13.2 Å². The van der Waals surface area contributed by atoms with Crippen LogP contribution in [-0.4, -0.2) is 23.7 Å². The van der Waals surface area contributed by atoms with Gasteiger partial charge in [-0.1, -0.05) is 35.3 Å². The van der Waals surface area contributed by atoms with E-state index < -0.39 is 48.5 Å². The van der Waals surface area contributed by atoms with Crippen LogP contribution in [-0.2, 0) is 32.8 Å². The van der Waals surface area contributed by atoms with Gasteiger partial charge < -0.3 is 5.11 Å². The van der Waals surface area contributed by atoms with Gasteiger partial charge in [-0.3, -0.25) is 8.93 Å². The second-order valence-electron chi connectivity index (χ2n) is 6.88. The average molecular weight is 552 g/mol. The molecule has 34 heavy (non-hydrogen) atoms. The van der Waals surface area contributed by atoms with Crippen LogP contribution in [0, 0.1) is 0 Å². The molecule has 2 N–H and O–H groups in total. The second kappa shape index (κ2) is 9.95. The number of carbonyl (C=O) groups is 1. The summed E-state index contributed by atoms with van der Waals surface area (Å²) in [4.78, 5) is 10.4. The van der Waals surface area contributed by atoms with E-state index in [9.17, 15) is 30.6 Å². The van der Waals surface area contributed by atoms with Crippen molar-refractivity contribution < 1.29 is 35.7 Å². The number of benzene rings is 3. The third-order valence-corrected chi connectivity index (χ3v) is 7.83. The molecule has 0 radical (unpaired) electrons. The Morgan fingerprint density at radius 2 is 1.74 bits per heavy atom. The van der Waals surface area contributed by atoms with Gasteiger partial charge in [0.1, 0.15) is 0 Å². The maximum Gasteiger partial charge on any atom is 0.417 e. The molecule has 6 nitrogen and oxygen atoms in total. The molecule has 1 unspecified atom stereocenters. The van der Waals surface area contributed by atoms with E-state index in [1.54, 1.807) is 6.07 Å². The number of carboxylic acid groups (broad SMARTS) is 1. The fourth-order valence-electron chi connectivity index (χ4n) is 2.90. The molecule has 0 saturated heterocycles. The maximum absolute atomic E-state index is 13.2. The standard InChI is InChI=1S/C21H14Cl2F3NO5S2/c22-14-4-7-19(33(30)11-12-2-1-3-13(8-12)20(28)29)18(9-14)27-34(31,32)15-5-6-17(23)16(10-15)21(24,25)26/h1-10,27H,11H2,(H,28,29). The molecule has 0 saturated carbocycles. The Balaban J connectivity index is 1.96. The van der Waals surface area contributed by atoms with Crippen LogP contribution in [0.5, 0.6) is 0 Å². The van der Waals surface area contributed by atoms with E-state index in [1.165, 1.54) is 36.4 Å². The number of alkyl halides is 3. The van der Waals surface area contributed by atoms with Gasteiger partial charge >= 0.3 is 12.1 Å². The second-order valence-corrected chi connectivity index (χ2v) is 10.8. The molecule has 0 aliphatic carbocycles. The highest BCUT2D eigenvalue weighted by molar-refractivity contribution is 7.92. The summed E-state index contributed by atoms with van der Waals surface area (Å²) in [5.41, 5.74) is -1.14. The molecule has 0 spiro atoms. The van der Waals surface area contributed by atoms with Crippen LogP contribution in [0.15, 0.2) is 70.5 Å². The van der Waals surface area contributed by atoms with Gasteiger partial charge in [0.2, 0.25) is 0 Å². The lowest BCUT2D eigenvalue weighted by atomic mass is 10.1. The summed E-state index contributed by atoms with van der Waals surface area (Å²) in [6.07, 6.45) is -4.88. The number of rotatable bonds is 7. The summed E-state index contributed by atoms with van der Waals surface area (Å²) in [5.74, 6) is -1.33. The maximum atomic E-state index is 13.2. The molecule has 1 atom stereocenters. The van der Waals surface area contributed by atoms with Gasteiger partial charge in [0.15, 0.2) is 0 Å². The van der Waals surface area contributed by atoms with Gasteiger partial charge in [0.25, 0.3) is 10.0 Å². The minimum Gasteiger partial charge on any atom is -0.478 e. The van der Waals surface area contributed by atoms with Crippen molar-refractivity contribution in [2.45, 2.75) is 21.7 Å². The fourth-order valence-corrected chi connectivity index (χ4v) is 5.67. The largest absolute Gasteiger partial charge is 0.478 e. The normalized spacial score (nSPS) is 12.9. The summed E-state index contributed by atoms with van der Waals surface area (Å²) in [5, 5.41) is 8.53. The Bertz CT molecular complexity index is 1400. The summed E-state index contributed by atoms with van der Waals surface area (Å²) in [6, 6.07) is 11.7. The van der Waals surface area contributed by atoms with Crippen molar-refractivity contribution in [1.29, 1.82) is 0 Å². The topological polar surface area (TPSA) is 101 Å². The molecule has 3 aromatic rings. The molecule has 13 heteroatoms. The molecular formula is C21H14Cl2F3NO5S2. The van der Waals surface area contributed by atoms with Crippen LogP contribution in [0.3, 0.4) is 0 Å². The molecule has 0 bridgehead atoms. The Morgan fingerprint density at radius 1 is 1.03 bits per heavy atom. The first-order chi connectivity index (χ1) is 15.8. The predicted octanol–water partition coefficient (Wildman–Crippen LogP) is 5.82. The summed E-state index contributed by atoms with van der Waals surface area (Å²) < 4.78 is 80.3. The molecule has 0 fully saturated rings. The smallest absolute Gasteiger partial charge is 0.417 e. The number of anilines is 1. The van der Waals surface area contributed by atoms with Crippen LogP contribution in [0.2, 0.25) is 10.0 Å². The van der Waals surface area contributed by atoms with E-state index in [1.807, 2.05) is 0 Å². The first-order valence-electron chi connectivity index (χ1n) is 9.17. The van der Waals surface area contributed by atoms with E-state index in [-0.39, 0.29) is 26.9 Å². The molecule has 3 aromatic carbocycles. The minimum absolute atomic E-state index is 0.00119. The molecule has 0 amide bonds. The number of hydrogen-bond acceptors (Lipinski definition) is 4. The number of nitrogens with one attached hydrogen (secondary N) is 1. The summed E-state index contributed by atoms with van der Waals surface area (Å²) >= 11 is 11.5.